The van der Waals surface area contributed by atoms with Crippen molar-refractivity contribution in [3.8, 4) is 0 Å². The molecule has 82 valence electrons. The minimum atomic E-state index is -0.842. The summed E-state index contributed by atoms with van der Waals surface area (Å²) in [6.07, 6.45) is 0.0337. The second kappa shape index (κ2) is 4.89. The van der Waals surface area contributed by atoms with Crippen LogP contribution in [0, 0.1) is 13.8 Å². The van der Waals surface area contributed by atoms with Gasteiger partial charge < -0.3 is 10.8 Å². The number of rotatable bonds is 4. The number of hydrogen-bond acceptors (Lipinski definition) is 3. The lowest BCUT2D eigenvalue weighted by atomic mass is 10.00. The smallest absolute Gasteiger partial charge is 0.304 e. The molecule has 15 heavy (non-hydrogen) atoms. The van der Waals surface area contributed by atoms with E-state index in [0.29, 0.717) is 6.54 Å². The van der Waals surface area contributed by atoms with Gasteiger partial charge in [0, 0.05) is 23.9 Å². The molecule has 3 N–H and O–H groups in total. The number of carboxylic acids is 1. The Morgan fingerprint density at radius 2 is 2.20 bits per heavy atom. The van der Waals surface area contributed by atoms with E-state index in [1.807, 2.05) is 26.0 Å². The average Bonchev–Trinajstić information content (AvgIpc) is 2.18. The highest BCUT2D eigenvalue weighted by atomic mass is 16.4. The van der Waals surface area contributed by atoms with Gasteiger partial charge in [-0.25, -0.2) is 0 Å². The third kappa shape index (κ3) is 3.02. The Morgan fingerprint density at radius 1 is 1.53 bits per heavy atom. The molecule has 1 unspecified atom stereocenters. The quantitative estimate of drug-likeness (QED) is 0.779. The first kappa shape index (κ1) is 11.7. The summed E-state index contributed by atoms with van der Waals surface area (Å²) >= 11 is 0. The standard InChI is InChI=1S/C11H16N2O2/c1-7-3-4-10(13-8(7)2)9(6-12)5-11(14)15/h3-4,9H,5-6,12H2,1-2H3,(H,14,15). The summed E-state index contributed by atoms with van der Waals surface area (Å²) in [5.41, 5.74) is 8.33. The predicted octanol–water partition coefficient (Wildman–Crippen LogP) is 1.22. The van der Waals surface area contributed by atoms with Crippen LogP contribution in [-0.4, -0.2) is 22.6 Å². The second-order valence-corrected chi connectivity index (χ2v) is 3.67. The summed E-state index contributed by atoms with van der Waals surface area (Å²) in [6.45, 7) is 4.19. The maximum atomic E-state index is 10.6. The van der Waals surface area contributed by atoms with Crippen molar-refractivity contribution >= 4 is 5.97 Å². The SMILES string of the molecule is Cc1ccc(C(CN)CC(=O)O)nc1C. The number of nitrogens with two attached hydrogens (primary N) is 1. The van der Waals surface area contributed by atoms with E-state index in [2.05, 4.69) is 4.98 Å². The van der Waals surface area contributed by atoms with E-state index in [-0.39, 0.29) is 12.3 Å². The topological polar surface area (TPSA) is 76.2 Å². The highest BCUT2D eigenvalue weighted by Crippen LogP contribution is 2.17. The number of carbonyl (C=O) groups is 1. The molecule has 0 fully saturated rings. The number of aryl methyl sites for hydroxylation is 2. The first-order valence-electron chi connectivity index (χ1n) is 4.90. The van der Waals surface area contributed by atoms with Gasteiger partial charge in [-0.3, -0.25) is 9.78 Å². The third-order valence-electron chi connectivity index (χ3n) is 2.50. The van der Waals surface area contributed by atoms with E-state index in [0.717, 1.165) is 17.0 Å². The van der Waals surface area contributed by atoms with Crippen LogP contribution in [0.4, 0.5) is 0 Å². The molecule has 4 heteroatoms. The van der Waals surface area contributed by atoms with Gasteiger partial charge in [-0.2, -0.15) is 0 Å². The highest BCUT2D eigenvalue weighted by molar-refractivity contribution is 5.67. The molecule has 1 aromatic heterocycles. The Hall–Kier alpha value is -1.42. The predicted molar refractivity (Wildman–Crippen MR) is 57.8 cm³/mol. The zero-order valence-corrected chi connectivity index (χ0v) is 9.03. The molecule has 1 aromatic rings. The molecular formula is C11H16N2O2. The number of aromatic nitrogens is 1. The van der Waals surface area contributed by atoms with Crippen molar-refractivity contribution in [2.24, 2.45) is 5.73 Å². The van der Waals surface area contributed by atoms with E-state index < -0.39 is 5.97 Å². The molecule has 0 amide bonds. The lowest BCUT2D eigenvalue weighted by Gasteiger charge is -2.12. The molecule has 0 aliphatic carbocycles. The van der Waals surface area contributed by atoms with Gasteiger partial charge in [0.05, 0.1) is 6.42 Å². The van der Waals surface area contributed by atoms with E-state index in [1.165, 1.54) is 0 Å². The van der Waals surface area contributed by atoms with Crippen LogP contribution in [0.25, 0.3) is 0 Å². The summed E-state index contributed by atoms with van der Waals surface area (Å²) in [5.74, 6) is -1.03. The number of pyridine rings is 1. The van der Waals surface area contributed by atoms with Crippen molar-refractivity contribution in [1.82, 2.24) is 4.98 Å². The highest BCUT2D eigenvalue weighted by Gasteiger charge is 2.15. The molecule has 4 nitrogen and oxygen atoms in total. The monoisotopic (exact) mass is 208 g/mol. The zero-order chi connectivity index (χ0) is 11.4. The lowest BCUT2D eigenvalue weighted by molar-refractivity contribution is -0.137. The molecule has 1 heterocycles. The van der Waals surface area contributed by atoms with Crippen LogP contribution in [0.3, 0.4) is 0 Å². The minimum absolute atomic E-state index is 0.0337. The molecule has 1 rings (SSSR count). The molecule has 0 radical (unpaired) electrons. The van der Waals surface area contributed by atoms with Crippen molar-refractivity contribution in [3.63, 3.8) is 0 Å². The van der Waals surface area contributed by atoms with Crippen molar-refractivity contribution in [2.75, 3.05) is 6.54 Å². The fraction of sp³-hybridized carbons (Fsp3) is 0.455. The van der Waals surface area contributed by atoms with Crippen LogP contribution in [0.5, 0.6) is 0 Å². The summed E-state index contributed by atoms with van der Waals surface area (Å²) in [4.78, 5) is 15.0. The summed E-state index contributed by atoms with van der Waals surface area (Å²) in [5, 5.41) is 8.72. The van der Waals surface area contributed by atoms with Gasteiger partial charge in [0.25, 0.3) is 0 Å². The van der Waals surface area contributed by atoms with Gasteiger partial charge in [0.1, 0.15) is 0 Å². The number of carboxylic acid groups (broad SMARTS) is 1. The Bertz CT molecular complexity index is 364. The number of hydrogen-bond donors (Lipinski definition) is 2. The van der Waals surface area contributed by atoms with Gasteiger partial charge >= 0.3 is 5.97 Å². The maximum absolute atomic E-state index is 10.6. The van der Waals surface area contributed by atoms with Gasteiger partial charge in [-0.1, -0.05) is 6.07 Å². The van der Waals surface area contributed by atoms with Crippen molar-refractivity contribution in [3.05, 3.63) is 29.1 Å². The second-order valence-electron chi connectivity index (χ2n) is 3.67. The molecule has 0 spiro atoms. The molecule has 0 aromatic carbocycles. The van der Waals surface area contributed by atoms with E-state index >= 15 is 0 Å². The van der Waals surface area contributed by atoms with Gasteiger partial charge in [0.2, 0.25) is 0 Å². The molecule has 0 aliphatic rings. The molecule has 1 atom stereocenters. The van der Waals surface area contributed by atoms with Crippen LogP contribution in [0.15, 0.2) is 12.1 Å². The van der Waals surface area contributed by atoms with Crippen molar-refractivity contribution in [1.29, 1.82) is 0 Å². The third-order valence-corrected chi connectivity index (χ3v) is 2.50. The van der Waals surface area contributed by atoms with Gasteiger partial charge in [-0.05, 0) is 25.5 Å². The van der Waals surface area contributed by atoms with Crippen LogP contribution in [-0.2, 0) is 4.79 Å². The van der Waals surface area contributed by atoms with Gasteiger partial charge in [-0.15, -0.1) is 0 Å². The zero-order valence-electron chi connectivity index (χ0n) is 9.03. The van der Waals surface area contributed by atoms with Gasteiger partial charge in [0.15, 0.2) is 0 Å². The van der Waals surface area contributed by atoms with E-state index in [4.69, 9.17) is 10.8 Å². The van der Waals surface area contributed by atoms with E-state index in [9.17, 15) is 4.79 Å². The first-order chi connectivity index (χ1) is 7.04. The molecule has 0 saturated heterocycles. The van der Waals surface area contributed by atoms with Crippen LogP contribution < -0.4 is 5.73 Å². The minimum Gasteiger partial charge on any atom is -0.481 e. The fourth-order valence-electron chi connectivity index (χ4n) is 1.40. The van der Waals surface area contributed by atoms with Crippen LogP contribution >= 0.6 is 0 Å². The Labute approximate surface area is 89.1 Å². The Kier molecular flexibility index (Phi) is 3.80. The Balaban J connectivity index is 2.92. The molecule has 0 aliphatic heterocycles. The average molecular weight is 208 g/mol. The molecular weight excluding hydrogens is 192 g/mol. The molecule has 0 saturated carbocycles. The Morgan fingerprint density at radius 3 is 2.67 bits per heavy atom. The summed E-state index contributed by atoms with van der Waals surface area (Å²) < 4.78 is 0. The summed E-state index contributed by atoms with van der Waals surface area (Å²) in [7, 11) is 0. The largest absolute Gasteiger partial charge is 0.481 e. The molecule has 0 bridgehead atoms. The maximum Gasteiger partial charge on any atom is 0.304 e. The summed E-state index contributed by atoms with van der Waals surface area (Å²) in [6, 6.07) is 3.80. The van der Waals surface area contributed by atoms with Crippen molar-refractivity contribution < 1.29 is 9.90 Å². The normalized spacial score (nSPS) is 12.5. The number of aliphatic carboxylic acids is 1. The fourth-order valence-corrected chi connectivity index (χ4v) is 1.40. The number of nitrogens with zero attached hydrogens (tertiary/aromatic N) is 1. The van der Waals surface area contributed by atoms with Crippen LogP contribution in [0.1, 0.15) is 29.3 Å². The first-order valence-corrected chi connectivity index (χ1v) is 4.90. The van der Waals surface area contributed by atoms with Crippen molar-refractivity contribution in [2.45, 2.75) is 26.2 Å². The van der Waals surface area contributed by atoms with Crippen LogP contribution in [0.2, 0.25) is 0 Å². The van der Waals surface area contributed by atoms with E-state index in [1.54, 1.807) is 0 Å². The lowest BCUT2D eigenvalue weighted by Crippen LogP contribution is -2.17.